The van der Waals surface area contributed by atoms with Gasteiger partial charge < -0.3 is 9.64 Å². The number of aromatic nitrogens is 2. The van der Waals surface area contributed by atoms with Gasteiger partial charge in [-0.1, -0.05) is 12.1 Å². The summed E-state index contributed by atoms with van der Waals surface area (Å²) in [6.07, 6.45) is 2.27. The number of morpholine rings is 1. The third-order valence-electron chi connectivity index (χ3n) is 4.87. The van der Waals surface area contributed by atoms with E-state index in [0.717, 1.165) is 35.5 Å². The molecule has 126 valence electrons. The largest absolute Gasteiger partial charge is 0.378 e. The van der Waals surface area contributed by atoms with Crippen LogP contribution in [0.4, 0.5) is 0 Å². The van der Waals surface area contributed by atoms with Gasteiger partial charge >= 0.3 is 0 Å². The fourth-order valence-corrected chi connectivity index (χ4v) is 3.37. The van der Waals surface area contributed by atoms with Crippen LogP contribution in [-0.4, -0.2) is 46.9 Å². The quantitative estimate of drug-likeness (QED) is 0.872. The van der Waals surface area contributed by atoms with E-state index in [0.29, 0.717) is 32.2 Å². The molecule has 0 bridgehead atoms. The number of rotatable bonds is 3. The molecule has 2 heterocycles. The maximum Gasteiger partial charge on any atom is 0.257 e. The molecule has 24 heavy (non-hydrogen) atoms. The molecule has 0 unspecified atom stereocenters. The Balaban J connectivity index is 1.76. The molecule has 2 aromatic rings. The average Bonchev–Trinajstić information content (AvgIpc) is 3.38. The molecule has 0 atom stereocenters. The van der Waals surface area contributed by atoms with E-state index in [-0.39, 0.29) is 5.91 Å². The predicted octanol–water partition coefficient (Wildman–Crippen LogP) is 2.84. The van der Waals surface area contributed by atoms with Crippen LogP contribution in [0.1, 0.15) is 46.1 Å². The van der Waals surface area contributed by atoms with Crippen LogP contribution in [0.5, 0.6) is 0 Å². The minimum Gasteiger partial charge on any atom is -0.378 e. The number of benzene rings is 1. The highest BCUT2D eigenvalue weighted by molar-refractivity contribution is 5.97. The topological polar surface area (TPSA) is 47.4 Å². The second-order valence-electron chi connectivity index (χ2n) is 6.78. The van der Waals surface area contributed by atoms with Crippen molar-refractivity contribution in [1.82, 2.24) is 14.7 Å². The summed E-state index contributed by atoms with van der Waals surface area (Å²) in [7, 11) is 0. The van der Waals surface area contributed by atoms with Crippen LogP contribution in [-0.2, 0) is 4.74 Å². The summed E-state index contributed by atoms with van der Waals surface area (Å²) < 4.78 is 7.32. The molecule has 1 aromatic carbocycles. The normalized spacial score (nSPS) is 18.0. The molecule has 1 aliphatic carbocycles. The lowest BCUT2D eigenvalue weighted by Crippen LogP contribution is -2.41. The van der Waals surface area contributed by atoms with Gasteiger partial charge in [0.1, 0.15) is 0 Å². The van der Waals surface area contributed by atoms with Gasteiger partial charge in [-0.2, -0.15) is 5.10 Å². The number of aryl methyl sites for hydroxylation is 1. The van der Waals surface area contributed by atoms with Crippen LogP contribution in [0.15, 0.2) is 24.3 Å². The number of nitrogens with zero attached hydrogens (tertiary/aromatic N) is 3. The minimum absolute atomic E-state index is 0.108. The number of ether oxygens (including phenoxy) is 1. The van der Waals surface area contributed by atoms with E-state index in [4.69, 9.17) is 9.84 Å². The number of carbonyl (C=O) groups excluding carboxylic acids is 1. The van der Waals surface area contributed by atoms with E-state index in [9.17, 15) is 4.79 Å². The van der Waals surface area contributed by atoms with Gasteiger partial charge in [0.25, 0.3) is 5.91 Å². The smallest absolute Gasteiger partial charge is 0.257 e. The third-order valence-corrected chi connectivity index (χ3v) is 4.87. The first kappa shape index (κ1) is 15.4. The number of hydrogen-bond acceptors (Lipinski definition) is 3. The van der Waals surface area contributed by atoms with Gasteiger partial charge in [0, 0.05) is 19.0 Å². The molecule has 5 heteroatoms. The molecule has 1 saturated carbocycles. The van der Waals surface area contributed by atoms with Crippen LogP contribution >= 0.6 is 0 Å². The maximum atomic E-state index is 13.1. The molecule has 0 N–H and O–H groups in total. The average molecular weight is 325 g/mol. The zero-order valence-corrected chi connectivity index (χ0v) is 14.3. The van der Waals surface area contributed by atoms with Crippen LogP contribution in [0, 0.1) is 13.8 Å². The second kappa shape index (κ2) is 6.06. The zero-order chi connectivity index (χ0) is 16.7. The summed E-state index contributed by atoms with van der Waals surface area (Å²) in [6.45, 7) is 6.65. The highest BCUT2D eigenvalue weighted by Gasteiger charge is 2.35. The maximum absolute atomic E-state index is 13.1. The molecule has 5 nitrogen and oxygen atoms in total. The van der Waals surface area contributed by atoms with E-state index in [1.54, 1.807) is 0 Å². The molecular formula is C19H23N3O2. The van der Waals surface area contributed by atoms with Crippen molar-refractivity contribution < 1.29 is 9.53 Å². The Morgan fingerprint density at radius 1 is 1.21 bits per heavy atom. The fourth-order valence-electron chi connectivity index (χ4n) is 3.37. The molecule has 4 rings (SSSR count). The van der Waals surface area contributed by atoms with Gasteiger partial charge in [-0.25, -0.2) is 4.68 Å². The van der Waals surface area contributed by atoms with Gasteiger partial charge in [0.15, 0.2) is 0 Å². The van der Waals surface area contributed by atoms with Crippen LogP contribution in [0.3, 0.4) is 0 Å². The highest BCUT2D eigenvalue weighted by Crippen LogP contribution is 2.42. The Hall–Kier alpha value is -2.14. The molecular weight excluding hydrogens is 302 g/mol. The molecule has 1 aliphatic heterocycles. The molecule has 2 aliphatic rings. The fraction of sp³-hybridized carbons (Fsp3) is 0.474. The van der Waals surface area contributed by atoms with Crippen molar-refractivity contribution in [2.24, 2.45) is 0 Å². The first-order chi connectivity index (χ1) is 11.6. The Morgan fingerprint density at radius 3 is 2.62 bits per heavy atom. The summed E-state index contributed by atoms with van der Waals surface area (Å²) in [5.74, 6) is 0.548. The summed E-state index contributed by atoms with van der Waals surface area (Å²) in [5, 5.41) is 4.84. The monoisotopic (exact) mass is 325 g/mol. The third kappa shape index (κ3) is 2.73. The Bertz CT molecular complexity index is 771. The van der Waals surface area contributed by atoms with Crippen molar-refractivity contribution >= 4 is 5.91 Å². The standard InChI is InChI=1S/C19H23N3O2/c1-13-4-3-5-16(12-13)22-14(2)17(18(20-22)15-6-7-15)19(23)21-8-10-24-11-9-21/h3-5,12,15H,6-11H2,1-2H3. The van der Waals surface area contributed by atoms with E-state index < -0.39 is 0 Å². The summed E-state index contributed by atoms with van der Waals surface area (Å²) >= 11 is 0. The predicted molar refractivity (Wildman–Crippen MR) is 91.7 cm³/mol. The van der Waals surface area contributed by atoms with E-state index in [1.165, 1.54) is 5.56 Å². The summed E-state index contributed by atoms with van der Waals surface area (Å²) in [5.41, 5.74) is 4.94. The van der Waals surface area contributed by atoms with E-state index in [1.807, 2.05) is 28.6 Å². The Morgan fingerprint density at radius 2 is 1.96 bits per heavy atom. The van der Waals surface area contributed by atoms with Gasteiger partial charge in [-0.05, 0) is 44.4 Å². The van der Waals surface area contributed by atoms with E-state index >= 15 is 0 Å². The number of amides is 1. The molecule has 2 fully saturated rings. The van der Waals surface area contributed by atoms with Crippen molar-refractivity contribution in [3.63, 3.8) is 0 Å². The second-order valence-corrected chi connectivity index (χ2v) is 6.78. The number of hydrogen-bond donors (Lipinski definition) is 0. The molecule has 0 radical (unpaired) electrons. The van der Waals surface area contributed by atoms with Crippen molar-refractivity contribution in [2.45, 2.75) is 32.6 Å². The first-order valence-electron chi connectivity index (χ1n) is 8.68. The van der Waals surface area contributed by atoms with Crippen molar-refractivity contribution in [1.29, 1.82) is 0 Å². The van der Waals surface area contributed by atoms with E-state index in [2.05, 4.69) is 19.1 Å². The van der Waals surface area contributed by atoms with Crippen molar-refractivity contribution in [3.05, 3.63) is 46.8 Å². The summed E-state index contributed by atoms with van der Waals surface area (Å²) in [6, 6.07) is 8.27. The van der Waals surface area contributed by atoms with Gasteiger partial charge in [-0.3, -0.25) is 4.79 Å². The van der Waals surface area contributed by atoms with Crippen molar-refractivity contribution in [2.75, 3.05) is 26.3 Å². The highest BCUT2D eigenvalue weighted by atomic mass is 16.5. The lowest BCUT2D eigenvalue weighted by Gasteiger charge is -2.27. The summed E-state index contributed by atoms with van der Waals surface area (Å²) in [4.78, 5) is 15.0. The SMILES string of the molecule is Cc1cccc(-n2nc(C3CC3)c(C(=O)N3CCOCC3)c2C)c1. The molecule has 1 saturated heterocycles. The number of carbonyl (C=O) groups is 1. The Kier molecular flexibility index (Phi) is 3.88. The van der Waals surface area contributed by atoms with Gasteiger partial charge in [0.05, 0.1) is 35.9 Å². The first-order valence-corrected chi connectivity index (χ1v) is 8.68. The molecule has 1 amide bonds. The van der Waals surface area contributed by atoms with Crippen LogP contribution in [0.25, 0.3) is 5.69 Å². The Labute approximate surface area is 142 Å². The van der Waals surface area contributed by atoms with Crippen LogP contribution in [0.2, 0.25) is 0 Å². The zero-order valence-electron chi connectivity index (χ0n) is 14.3. The van der Waals surface area contributed by atoms with Crippen molar-refractivity contribution in [3.8, 4) is 5.69 Å². The lowest BCUT2D eigenvalue weighted by molar-refractivity contribution is 0.0301. The lowest BCUT2D eigenvalue weighted by atomic mass is 10.1. The van der Waals surface area contributed by atoms with Gasteiger partial charge in [0.2, 0.25) is 0 Å². The van der Waals surface area contributed by atoms with Gasteiger partial charge in [-0.15, -0.1) is 0 Å². The minimum atomic E-state index is 0.108. The van der Waals surface area contributed by atoms with Crippen LogP contribution < -0.4 is 0 Å². The molecule has 1 aromatic heterocycles. The molecule has 0 spiro atoms.